The van der Waals surface area contributed by atoms with Crippen LogP contribution < -0.4 is 56.8 Å². The Bertz CT molecular complexity index is 5600. The Morgan fingerprint density at radius 1 is 0.245 bits per heavy atom. The maximum Gasteiger partial charge on any atom is 0.310 e. The molecule has 0 aromatic heterocycles. The Hall–Kier alpha value is -12.3. The summed E-state index contributed by atoms with van der Waals surface area (Å²) >= 11 is 12.1. The predicted octanol–water partition coefficient (Wildman–Crippen LogP) is 31.0. The molecule has 762 valence electrons. The molecule has 12 aromatic rings. The van der Waals surface area contributed by atoms with Gasteiger partial charge in [0.1, 0.15) is 114 Å². The largest absolute Gasteiger partial charge is 0.488 e. The van der Waals surface area contributed by atoms with Crippen LogP contribution in [0.4, 0.5) is 4.39 Å². The lowest BCUT2D eigenvalue weighted by Crippen LogP contribution is -2.10. The van der Waals surface area contributed by atoms with Gasteiger partial charge in [-0.2, -0.15) is 0 Å². The van der Waals surface area contributed by atoms with E-state index in [-0.39, 0.29) is 60.8 Å². The third-order valence-corrected chi connectivity index (χ3v) is 26.4. The molecule has 0 spiro atoms. The van der Waals surface area contributed by atoms with Crippen LogP contribution in [-0.2, 0) is 107 Å². The fraction of sp³-hybridized carbons (Fsp3) is 0.355. The summed E-state index contributed by atoms with van der Waals surface area (Å²) in [5.41, 5.74) is 27.1. The summed E-state index contributed by atoms with van der Waals surface area (Å²) in [6.45, 7) is 51.9. The number of carbonyl (C=O) groups excluding carboxylic acids is 6. The highest BCUT2D eigenvalue weighted by Gasteiger charge is 2.23. The molecule has 143 heavy (non-hydrogen) atoms. The first kappa shape index (κ1) is 118. The van der Waals surface area contributed by atoms with Crippen molar-refractivity contribution < 1.29 is 90.0 Å². The summed E-state index contributed by atoms with van der Waals surface area (Å²) in [5, 5.41) is 0.526. The standard InChI is InChI=1S/C21H26O3.C20H23BrO3.C20H23ClO3.C20H23FO3.C20H23IO3.C20H24O3/c1-6-17-11-15(4)16(5)12-20(17)23-13-18-14(3)9-8-10-19(18)24-21(22)7-2;4*1-5-15-10-13(3)14(4)11-19(15)23-12-16-17(21)8-7-9-18(16)24-20(22)6-2;1-5-16-11-14(3)15(4)12-19(16)22-13-17-9-7-8-10-18(17)23-20(21)6-2/h8-12H,6-7,13H2,1-5H3;4*7-11H,5-6,12H2,1-4H3;7-12H,5-6,13H2,1-4H3. The average molecular weight is 2150 g/mol. The van der Waals surface area contributed by atoms with Crippen molar-refractivity contribution in [2.75, 3.05) is 0 Å². The highest BCUT2D eigenvalue weighted by Crippen LogP contribution is 2.38. The van der Waals surface area contributed by atoms with Gasteiger partial charge in [0.2, 0.25) is 0 Å². The zero-order valence-corrected chi connectivity index (χ0v) is 92.5. The minimum Gasteiger partial charge on any atom is -0.488 e. The van der Waals surface area contributed by atoms with Crippen molar-refractivity contribution in [3.05, 3.63) is 346 Å². The van der Waals surface area contributed by atoms with Gasteiger partial charge in [-0.25, -0.2) is 4.39 Å². The van der Waals surface area contributed by atoms with E-state index in [4.69, 9.17) is 68.4 Å². The summed E-state index contributed by atoms with van der Waals surface area (Å²) in [5.74, 6) is 5.98. The van der Waals surface area contributed by atoms with Gasteiger partial charge in [-0.3, -0.25) is 28.8 Å². The Morgan fingerprint density at radius 3 is 0.825 bits per heavy atom. The van der Waals surface area contributed by atoms with Gasteiger partial charge in [0, 0.05) is 68.8 Å². The van der Waals surface area contributed by atoms with Crippen LogP contribution in [0.3, 0.4) is 0 Å². The van der Waals surface area contributed by atoms with E-state index in [9.17, 15) is 33.2 Å². The lowest BCUT2D eigenvalue weighted by Gasteiger charge is -2.16. The normalized spacial score (nSPS) is 10.5. The van der Waals surface area contributed by atoms with Crippen LogP contribution in [0, 0.1) is 99.4 Å². The van der Waals surface area contributed by atoms with Crippen molar-refractivity contribution in [3.8, 4) is 69.0 Å². The first-order valence-corrected chi connectivity index (χ1v) is 51.5. The SMILES string of the molecule is CCC(=O)Oc1cccc(Br)c1COc1cc(C)c(C)cc1CC.CCC(=O)Oc1cccc(C)c1COc1cc(C)c(C)cc1CC.CCC(=O)Oc1cccc(Cl)c1COc1cc(C)c(C)cc1CC.CCC(=O)Oc1cccc(F)c1COc1cc(C)c(C)cc1CC.CCC(=O)Oc1cccc(I)c1COc1cc(C)c(C)cc1CC.CCC(=O)Oc1ccccc1COc1cc(C)c(C)cc1CC. The molecule has 0 aliphatic heterocycles. The fourth-order valence-corrected chi connectivity index (χ4v) is 15.7. The van der Waals surface area contributed by atoms with Gasteiger partial charge >= 0.3 is 35.8 Å². The molecular weight excluding hydrogens is 2000 g/mol. The molecule has 0 amide bonds. The second kappa shape index (κ2) is 59.7. The Morgan fingerprint density at radius 2 is 0.483 bits per heavy atom. The number of benzene rings is 12. The first-order chi connectivity index (χ1) is 68.3. The van der Waals surface area contributed by atoms with E-state index in [0.29, 0.717) is 97.9 Å². The molecule has 0 N–H and O–H groups in total. The third-order valence-electron chi connectivity index (χ3n) is 24.3. The molecule has 0 aliphatic carbocycles. The van der Waals surface area contributed by atoms with Gasteiger partial charge in [0.05, 0.1) is 16.1 Å². The van der Waals surface area contributed by atoms with Crippen LogP contribution in [0.15, 0.2) is 193 Å². The fourth-order valence-electron chi connectivity index (χ4n) is 14.4. The number of halogens is 4. The molecule has 0 saturated heterocycles. The molecule has 22 heteroatoms. The molecule has 0 atom stereocenters. The molecule has 0 aliphatic rings. The summed E-state index contributed by atoms with van der Waals surface area (Å²) < 4.78 is 84.4. The summed E-state index contributed by atoms with van der Waals surface area (Å²) in [7, 11) is 0. The van der Waals surface area contributed by atoms with Gasteiger partial charge in [0.15, 0.2) is 0 Å². The molecule has 18 nitrogen and oxygen atoms in total. The van der Waals surface area contributed by atoms with Crippen LogP contribution in [-0.4, -0.2) is 35.8 Å². The smallest absolute Gasteiger partial charge is 0.310 e. The van der Waals surface area contributed by atoms with E-state index >= 15 is 0 Å². The Balaban J connectivity index is 0.000000233. The van der Waals surface area contributed by atoms with Gasteiger partial charge in [0.25, 0.3) is 0 Å². The first-order valence-electron chi connectivity index (χ1n) is 49.2. The van der Waals surface area contributed by atoms with Gasteiger partial charge in [-0.1, -0.05) is 202 Å². The van der Waals surface area contributed by atoms with E-state index in [1.54, 1.807) is 77.9 Å². The van der Waals surface area contributed by atoms with Crippen LogP contribution in [0.25, 0.3) is 0 Å². The molecule has 12 rings (SSSR count). The summed E-state index contributed by atoms with van der Waals surface area (Å²) in [6, 6.07) is 59.4. The highest BCUT2D eigenvalue weighted by atomic mass is 127. The van der Waals surface area contributed by atoms with Crippen molar-refractivity contribution in [1.29, 1.82) is 0 Å². The molecule has 0 unspecified atom stereocenters. The summed E-state index contributed by atoms with van der Waals surface area (Å²) in [6.07, 6.45) is 7.31. The minimum atomic E-state index is -0.446. The number of hydrogen-bond donors (Lipinski definition) is 0. The van der Waals surface area contributed by atoms with Crippen molar-refractivity contribution in [2.24, 2.45) is 0 Å². The second-order valence-electron chi connectivity index (χ2n) is 34.6. The van der Waals surface area contributed by atoms with E-state index in [0.717, 1.165) is 126 Å². The maximum absolute atomic E-state index is 14.2. The number of esters is 6. The van der Waals surface area contributed by atoms with E-state index in [1.165, 1.54) is 95.6 Å². The zero-order chi connectivity index (χ0) is 105. The maximum atomic E-state index is 14.2. The van der Waals surface area contributed by atoms with Crippen molar-refractivity contribution in [3.63, 3.8) is 0 Å². The quantitative estimate of drug-likeness (QED) is 0.0203. The van der Waals surface area contributed by atoms with Gasteiger partial charge in [-0.05, 0) is 354 Å². The third kappa shape index (κ3) is 35.9. The Labute approximate surface area is 874 Å². The monoisotopic (exact) mass is 2140 g/mol. The molecular formula is C121H142BrClFIO18. The van der Waals surface area contributed by atoms with E-state index in [1.807, 2.05) is 92.7 Å². The number of hydrogen-bond acceptors (Lipinski definition) is 18. The van der Waals surface area contributed by atoms with Crippen LogP contribution >= 0.6 is 50.1 Å². The average Bonchev–Trinajstić information content (AvgIpc) is 0.840. The van der Waals surface area contributed by atoms with Gasteiger partial charge in [-0.15, -0.1) is 0 Å². The molecule has 0 radical (unpaired) electrons. The molecule has 0 heterocycles. The number of ether oxygens (including phenoxy) is 12. The van der Waals surface area contributed by atoms with E-state index in [2.05, 4.69) is 217 Å². The van der Waals surface area contributed by atoms with Gasteiger partial charge < -0.3 is 56.8 Å². The zero-order valence-electron chi connectivity index (χ0n) is 88.0. The molecule has 0 fully saturated rings. The van der Waals surface area contributed by atoms with Crippen LogP contribution in [0.2, 0.25) is 5.02 Å². The molecule has 0 bridgehead atoms. The van der Waals surface area contributed by atoms with Crippen molar-refractivity contribution >= 4 is 85.9 Å². The number of aryl methyl sites for hydroxylation is 19. The minimum absolute atomic E-state index is 0.00843. The van der Waals surface area contributed by atoms with Crippen LogP contribution in [0.1, 0.15) is 261 Å². The second-order valence-corrected chi connectivity index (χ2v) is 37.0. The highest BCUT2D eigenvalue weighted by molar-refractivity contribution is 14.1. The molecule has 0 saturated carbocycles. The lowest BCUT2D eigenvalue weighted by atomic mass is 10.0. The van der Waals surface area contributed by atoms with Crippen molar-refractivity contribution in [1.82, 2.24) is 0 Å². The van der Waals surface area contributed by atoms with E-state index < -0.39 is 11.8 Å². The predicted molar refractivity (Wildman–Crippen MR) is 582 cm³/mol. The van der Waals surface area contributed by atoms with Crippen LogP contribution in [0.5, 0.6) is 69.0 Å². The van der Waals surface area contributed by atoms with Crippen molar-refractivity contribution in [2.45, 2.75) is 290 Å². The number of carbonyl (C=O) groups is 6. The number of rotatable bonds is 36. The topological polar surface area (TPSA) is 213 Å². The summed E-state index contributed by atoms with van der Waals surface area (Å²) in [4.78, 5) is 69.5. The Kier molecular flexibility index (Phi) is 49.1. The molecule has 12 aromatic carbocycles. The lowest BCUT2D eigenvalue weighted by molar-refractivity contribution is -0.135. The number of para-hydroxylation sites is 1.